The lowest BCUT2D eigenvalue weighted by Crippen LogP contribution is -2.43. The number of para-hydroxylation sites is 1. The largest absolute Gasteiger partial charge is 0.326 e. The predicted octanol–water partition coefficient (Wildman–Crippen LogP) is 3.28. The summed E-state index contributed by atoms with van der Waals surface area (Å²) in [4.78, 5) is 26.8. The first kappa shape index (κ1) is 18.1. The summed E-state index contributed by atoms with van der Waals surface area (Å²) in [6, 6.07) is 17.2. The Balaban J connectivity index is 1.50. The summed E-state index contributed by atoms with van der Waals surface area (Å²) in [5.74, 6) is -0.103. The minimum atomic E-state index is -0.0869. The van der Waals surface area contributed by atoms with Gasteiger partial charge in [-0.1, -0.05) is 35.9 Å². The van der Waals surface area contributed by atoms with Gasteiger partial charge in [0.25, 0.3) is 0 Å². The maximum atomic E-state index is 12.5. The van der Waals surface area contributed by atoms with Gasteiger partial charge in [-0.3, -0.25) is 14.5 Å². The van der Waals surface area contributed by atoms with Crippen molar-refractivity contribution in [1.29, 1.82) is 0 Å². The van der Waals surface area contributed by atoms with Crippen LogP contribution >= 0.6 is 0 Å². The molecule has 5 heteroatoms. The van der Waals surface area contributed by atoms with Crippen molar-refractivity contribution in [3.63, 3.8) is 0 Å². The first-order valence-corrected chi connectivity index (χ1v) is 9.05. The lowest BCUT2D eigenvalue weighted by Gasteiger charge is -2.31. The molecule has 1 aliphatic heterocycles. The number of rotatable bonds is 5. The highest BCUT2D eigenvalue weighted by molar-refractivity contribution is 5.93. The molecule has 1 atom stereocenters. The predicted molar refractivity (Wildman–Crippen MR) is 104 cm³/mol. The van der Waals surface area contributed by atoms with E-state index in [1.54, 1.807) is 0 Å². The molecule has 0 radical (unpaired) electrons. The lowest BCUT2D eigenvalue weighted by atomic mass is 9.97. The number of nitrogens with zero attached hydrogens (tertiary/aromatic N) is 1. The summed E-state index contributed by atoms with van der Waals surface area (Å²) in [7, 11) is 0. The second-order valence-corrected chi connectivity index (χ2v) is 6.84. The van der Waals surface area contributed by atoms with Crippen molar-refractivity contribution in [3.05, 3.63) is 60.2 Å². The molecular formula is C21H25N3O2. The normalized spacial score (nSPS) is 17.5. The standard InChI is InChI=1S/C21H25N3O2/c1-16-9-11-19(12-10-16)22-20(25)15-24-13-5-6-17(14-24)21(26)23-18-7-3-2-4-8-18/h2-4,7-12,17H,5-6,13-15H2,1H3,(H,22,25)(H,23,26)/t17-/m0/s1. The van der Waals surface area contributed by atoms with Crippen molar-refractivity contribution >= 4 is 23.2 Å². The van der Waals surface area contributed by atoms with Gasteiger partial charge in [0, 0.05) is 17.9 Å². The quantitative estimate of drug-likeness (QED) is 0.869. The van der Waals surface area contributed by atoms with Crippen LogP contribution in [0.15, 0.2) is 54.6 Å². The third-order valence-electron chi connectivity index (χ3n) is 4.62. The smallest absolute Gasteiger partial charge is 0.238 e. The number of carbonyl (C=O) groups is 2. The minimum Gasteiger partial charge on any atom is -0.326 e. The van der Waals surface area contributed by atoms with Crippen LogP contribution in [0.3, 0.4) is 0 Å². The molecule has 5 nitrogen and oxygen atoms in total. The van der Waals surface area contributed by atoms with Gasteiger partial charge in [0.05, 0.1) is 12.5 Å². The Labute approximate surface area is 154 Å². The summed E-state index contributed by atoms with van der Waals surface area (Å²) in [5.41, 5.74) is 2.77. The first-order chi connectivity index (χ1) is 12.6. The van der Waals surface area contributed by atoms with Crippen LogP contribution in [0.2, 0.25) is 0 Å². The number of carbonyl (C=O) groups excluding carboxylic acids is 2. The number of hydrogen-bond acceptors (Lipinski definition) is 3. The minimum absolute atomic E-state index is 0.0276. The molecule has 2 amide bonds. The number of piperidine rings is 1. The molecule has 1 aliphatic rings. The third kappa shape index (κ3) is 5.17. The van der Waals surface area contributed by atoms with Gasteiger partial charge >= 0.3 is 0 Å². The molecule has 2 aromatic rings. The van der Waals surface area contributed by atoms with Gasteiger partial charge in [-0.05, 0) is 50.6 Å². The van der Waals surface area contributed by atoms with Crippen LogP contribution in [0.1, 0.15) is 18.4 Å². The number of likely N-dealkylation sites (tertiary alicyclic amines) is 1. The van der Waals surface area contributed by atoms with Gasteiger partial charge in [-0.25, -0.2) is 0 Å². The van der Waals surface area contributed by atoms with Crippen LogP contribution in [0.4, 0.5) is 11.4 Å². The fraction of sp³-hybridized carbons (Fsp3) is 0.333. The molecule has 0 bridgehead atoms. The van der Waals surface area contributed by atoms with Gasteiger partial charge in [0.2, 0.25) is 11.8 Å². The molecule has 2 N–H and O–H groups in total. The van der Waals surface area contributed by atoms with E-state index < -0.39 is 0 Å². The lowest BCUT2D eigenvalue weighted by molar-refractivity contribution is -0.123. The molecule has 0 aliphatic carbocycles. The number of amides is 2. The molecule has 0 spiro atoms. The highest BCUT2D eigenvalue weighted by Gasteiger charge is 2.26. The number of anilines is 2. The van der Waals surface area contributed by atoms with Crippen LogP contribution in [0.5, 0.6) is 0 Å². The van der Waals surface area contributed by atoms with Crippen LogP contribution in [-0.2, 0) is 9.59 Å². The van der Waals surface area contributed by atoms with Gasteiger partial charge in [-0.15, -0.1) is 0 Å². The van der Waals surface area contributed by atoms with E-state index in [1.807, 2.05) is 61.5 Å². The van der Waals surface area contributed by atoms with Gasteiger partial charge in [0.15, 0.2) is 0 Å². The molecule has 3 rings (SSSR count). The van der Waals surface area contributed by atoms with Crippen molar-refractivity contribution in [3.8, 4) is 0 Å². The zero-order valence-electron chi connectivity index (χ0n) is 15.1. The molecule has 26 heavy (non-hydrogen) atoms. The van der Waals surface area contributed by atoms with Crippen LogP contribution < -0.4 is 10.6 Å². The van der Waals surface area contributed by atoms with E-state index >= 15 is 0 Å². The van der Waals surface area contributed by atoms with Gasteiger partial charge in [-0.2, -0.15) is 0 Å². The molecular weight excluding hydrogens is 326 g/mol. The highest BCUT2D eigenvalue weighted by Crippen LogP contribution is 2.19. The monoisotopic (exact) mass is 351 g/mol. The van der Waals surface area contributed by atoms with E-state index in [2.05, 4.69) is 15.5 Å². The topological polar surface area (TPSA) is 61.4 Å². The number of hydrogen-bond donors (Lipinski definition) is 2. The fourth-order valence-electron chi connectivity index (χ4n) is 3.22. The van der Waals surface area contributed by atoms with Crippen LogP contribution in [0.25, 0.3) is 0 Å². The van der Waals surface area contributed by atoms with Crippen molar-refractivity contribution < 1.29 is 9.59 Å². The van der Waals surface area contributed by atoms with E-state index in [0.29, 0.717) is 13.1 Å². The summed E-state index contributed by atoms with van der Waals surface area (Å²) in [6.07, 6.45) is 1.78. The third-order valence-corrected chi connectivity index (χ3v) is 4.62. The summed E-state index contributed by atoms with van der Waals surface area (Å²) >= 11 is 0. The SMILES string of the molecule is Cc1ccc(NC(=O)CN2CCC[C@H](C(=O)Nc3ccccc3)C2)cc1. The molecule has 2 aromatic carbocycles. The fourth-order valence-corrected chi connectivity index (χ4v) is 3.22. The number of nitrogens with one attached hydrogen (secondary N) is 2. The molecule has 1 saturated heterocycles. The molecule has 136 valence electrons. The Morgan fingerprint density at radius 3 is 2.42 bits per heavy atom. The van der Waals surface area contributed by atoms with Gasteiger partial charge in [0.1, 0.15) is 0 Å². The Kier molecular flexibility index (Phi) is 6.02. The maximum Gasteiger partial charge on any atom is 0.238 e. The molecule has 0 aromatic heterocycles. The van der Waals surface area contributed by atoms with Crippen molar-refractivity contribution in [1.82, 2.24) is 4.90 Å². The molecule has 0 saturated carbocycles. The molecule has 1 heterocycles. The second kappa shape index (κ2) is 8.63. The van der Waals surface area contributed by atoms with Crippen molar-refractivity contribution in [2.24, 2.45) is 5.92 Å². The van der Waals surface area contributed by atoms with Crippen molar-refractivity contribution in [2.75, 3.05) is 30.3 Å². The zero-order valence-corrected chi connectivity index (χ0v) is 15.1. The summed E-state index contributed by atoms with van der Waals surface area (Å²) < 4.78 is 0. The van der Waals surface area contributed by atoms with E-state index in [4.69, 9.17) is 0 Å². The summed E-state index contributed by atoms with van der Waals surface area (Å²) in [6.45, 7) is 3.78. The van der Waals surface area contributed by atoms with E-state index in [-0.39, 0.29) is 17.7 Å². The number of benzene rings is 2. The highest BCUT2D eigenvalue weighted by atomic mass is 16.2. The average Bonchev–Trinajstić information content (AvgIpc) is 2.64. The first-order valence-electron chi connectivity index (χ1n) is 9.05. The average molecular weight is 351 g/mol. The van der Waals surface area contributed by atoms with Crippen LogP contribution in [0, 0.1) is 12.8 Å². The maximum absolute atomic E-state index is 12.5. The Morgan fingerprint density at radius 1 is 1.00 bits per heavy atom. The Hall–Kier alpha value is -2.66. The molecule has 0 unspecified atom stereocenters. The van der Waals surface area contributed by atoms with E-state index in [0.717, 1.165) is 36.3 Å². The summed E-state index contributed by atoms with van der Waals surface area (Å²) in [5, 5.41) is 5.88. The van der Waals surface area contributed by atoms with Gasteiger partial charge < -0.3 is 10.6 Å². The Morgan fingerprint density at radius 2 is 1.69 bits per heavy atom. The van der Waals surface area contributed by atoms with E-state index in [1.165, 1.54) is 0 Å². The zero-order chi connectivity index (χ0) is 18.4. The van der Waals surface area contributed by atoms with E-state index in [9.17, 15) is 9.59 Å². The van der Waals surface area contributed by atoms with Crippen LogP contribution in [-0.4, -0.2) is 36.3 Å². The Bertz CT molecular complexity index is 744. The number of aryl methyl sites for hydroxylation is 1. The second-order valence-electron chi connectivity index (χ2n) is 6.84. The molecule has 1 fully saturated rings. The van der Waals surface area contributed by atoms with Crippen molar-refractivity contribution in [2.45, 2.75) is 19.8 Å².